The van der Waals surface area contributed by atoms with E-state index in [-0.39, 0.29) is 11.8 Å². The average Bonchev–Trinajstić information content (AvgIpc) is 3.18. The molecule has 2 fully saturated rings. The Morgan fingerprint density at radius 2 is 2.14 bits per heavy atom. The van der Waals surface area contributed by atoms with E-state index >= 15 is 0 Å². The molecule has 29 heavy (non-hydrogen) atoms. The molecule has 4 heterocycles. The highest BCUT2D eigenvalue weighted by molar-refractivity contribution is 5.78. The number of hydrogen-bond acceptors (Lipinski definition) is 5. The Morgan fingerprint density at radius 3 is 2.86 bits per heavy atom. The minimum atomic E-state index is 0.0946. The molecule has 0 radical (unpaired) electrons. The first-order chi connectivity index (χ1) is 14.2. The third-order valence-corrected chi connectivity index (χ3v) is 6.23. The molecule has 0 saturated carbocycles. The summed E-state index contributed by atoms with van der Waals surface area (Å²) in [5.41, 5.74) is 3.20. The van der Waals surface area contributed by atoms with E-state index in [1.54, 1.807) is 0 Å². The van der Waals surface area contributed by atoms with E-state index in [0.29, 0.717) is 12.6 Å². The number of amides is 1. The van der Waals surface area contributed by atoms with Gasteiger partial charge in [0.15, 0.2) is 0 Å². The Hall–Kier alpha value is -2.25. The van der Waals surface area contributed by atoms with Crippen molar-refractivity contribution >= 4 is 5.91 Å². The normalized spacial score (nSPS) is 21.9. The summed E-state index contributed by atoms with van der Waals surface area (Å²) in [7, 11) is 0. The summed E-state index contributed by atoms with van der Waals surface area (Å²) in [6.45, 7) is 7.70. The Bertz CT molecular complexity index is 784. The third kappa shape index (κ3) is 5.42. The van der Waals surface area contributed by atoms with Crippen LogP contribution < -0.4 is 5.32 Å². The minimum Gasteiger partial charge on any atom is -0.350 e. The van der Waals surface area contributed by atoms with Gasteiger partial charge in [0, 0.05) is 37.2 Å². The van der Waals surface area contributed by atoms with E-state index in [0.717, 1.165) is 57.0 Å². The van der Waals surface area contributed by atoms with Gasteiger partial charge in [-0.05, 0) is 69.9 Å². The van der Waals surface area contributed by atoms with Crippen LogP contribution in [0.2, 0.25) is 0 Å². The van der Waals surface area contributed by atoms with Crippen LogP contribution in [0.3, 0.4) is 0 Å². The largest absolute Gasteiger partial charge is 0.350 e. The molecule has 156 valence electrons. The molecular weight excluding hydrogens is 364 g/mol. The van der Waals surface area contributed by atoms with Crippen molar-refractivity contribution in [3.8, 4) is 0 Å². The van der Waals surface area contributed by atoms with Gasteiger partial charge in [-0.3, -0.25) is 24.7 Å². The number of carbonyl (C=O) groups excluding carboxylic acids is 1. The maximum absolute atomic E-state index is 12.7. The number of aromatic amines is 1. The van der Waals surface area contributed by atoms with Gasteiger partial charge in [0.25, 0.3) is 0 Å². The Kier molecular flexibility index (Phi) is 6.56. The third-order valence-electron chi connectivity index (χ3n) is 6.23. The van der Waals surface area contributed by atoms with E-state index in [2.05, 4.69) is 36.4 Å². The molecule has 2 saturated heterocycles. The molecule has 2 aliphatic heterocycles. The Labute approximate surface area is 172 Å². The SMILES string of the molecule is Cc1cc(CNC(=O)C2CCCN(C3CCN(Cc4cccnc4)CC3)C2)n[nH]1. The van der Waals surface area contributed by atoms with Gasteiger partial charge in [0.1, 0.15) is 0 Å². The number of rotatable bonds is 6. The highest BCUT2D eigenvalue weighted by atomic mass is 16.1. The summed E-state index contributed by atoms with van der Waals surface area (Å²) in [4.78, 5) is 22.0. The predicted molar refractivity (Wildman–Crippen MR) is 112 cm³/mol. The lowest BCUT2D eigenvalue weighted by atomic mass is 9.93. The standard InChI is InChI=1S/C22H32N6O/c1-17-12-20(26-25-17)14-24-22(29)19-5-3-9-28(16-19)21-6-10-27(11-7-21)15-18-4-2-8-23-13-18/h2,4,8,12-13,19,21H,3,5-7,9-11,14-16H2,1H3,(H,24,29)(H,25,26). The highest BCUT2D eigenvalue weighted by Gasteiger charge is 2.31. The zero-order chi connectivity index (χ0) is 20.1. The first kappa shape index (κ1) is 20.0. The van der Waals surface area contributed by atoms with Crippen molar-refractivity contribution in [2.24, 2.45) is 5.92 Å². The van der Waals surface area contributed by atoms with Crippen LogP contribution in [0.1, 0.15) is 42.6 Å². The lowest BCUT2D eigenvalue weighted by Crippen LogP contribution is -2.50. The van der Waals surface area contributed by atoms with E-state index in [4.69, 9.17) is 0 Å². The van der Waals surface area contributed by atoms with Crippen LogP contribution in [0.15, 0.2) is 30.6 Å². The summed E-state index contributed by atoms with van der Waals surface area (Å²) < 4.78 is 0. The fourth-order valence-electron chi connectivity index (χ4n) is 4.63. The molecule has 0 spiro atoms. The number of hydrogen-bond donors (Lipinski definition) is 2. The molecule has 1 atom stereocenters. The van der Waals surface area contributed by atoms with Gasteiger partial charge in [-0.15, -0.1) is 0 Å². The summed E-state index contributed by atoms with van der Waals surface area (Å²) in [6.07, 6.45) is 8.25. The number of H-pyrrole nitrogens is 1. The number of aromatic nitrogens is 3. The Balaban J connectivity index is 1.23. The average molecular weight is 397 g/mol. The molecule has 7 nitrogen and oxygen atoms in total. The summed E-state index contributed by atoms with van der Waals surface area (Å²) in [5.74, 6) is 0.265. The highest BCUT2D eigenvalue weighted by Crippen LogP contribution is 2.24. The monoisotopic (exact) mass is 396 g/mol. The second-order valence-corrected chi connectivity index (χ2v) is 8.46. The van der Waals surface area contributed by atoms with Crippen LogP contribution in [0.5, 0.6) is 0 Å². The van der Waals surface area contributed by atoms with Crippen LogP contribution in [0, 0.1) is 12.8 Å². The second kappa shape index (κ2) is 9.50. The molecule has 4 rings (SSSR count). The molecular formula is C22H32N6O. The van der Waals surface area contributed by atoms with Crippen LogP contribution in [0.4, 0.5) is 0 Å². The topological polar surface area (TPSA) is 77.2 Å². The minimum absolute atomic E-state index is 0.0946. The molecule has 0 bridgehead atoms. The number of piperidine rings is 2. The molecule has 2 aromatic heterocycles. The summed E-state index contributed by atoms with van der Waals surface area (Å²) in [5, 5.41) is 10.2. The van der Waals surface area contributed by atoms with Gasteiger partial charge in [-0.1, -0.05) is 6.07 Å². The van der Waals surface area contributed by atoms with Crippen LogP contribution >= 0.6 is 0 Å². The maximum Gasteiger partial charge on any atom is 0.224 e. The van der Waals surface area contributed by atoms with Crippen molar-refractivity contribution in [2.45, 2.75) is 51.7 Å². The van der Waals surface area contributed by atoms with Crippen molar-refractivity contribution in [3.05, 3.63) is 47.5 Å². The first-order valence-corrected chi connectivity index (χ1v) is 10.8. The molecule has 1 unspecified atom stereocenters. The zero-order valence-electron chi connectivity index (χ0n) is 17.3. The van der Waals surface area contributed by atoms with Crippen molar-refractivity contribution in [3.63, 3.8) is 0 Å². The van der Waals surface area contributed by atoms with Crippen molar-refractivity contribution in [1.82, 2.24) is 30.3 Å². The summed E-state index contributed by atoms with van der Waals surface area (Å²) >= 11 is 0. The molecule has 1 amide bonds. The smallest absolute Gasteiger partial charge is 0.224 e. The fraction of sp³-hybridized carbons (Fsp3) is 0.591. The molecule has 2 aromatic rings. The molecule has 2 N–H and O–H groups in total. The maximum atomic E-state index is 12.7. The fourth-order valence-corrected chi connectivity index (χ4v) is 4.63. The van der Waals surface area contributed by atoms with Crippen molar-refractivity contribution < 1.29 is 4.79 Å². The van der Waals surface area contributed by atoms with Gasteiger partial charge in [-0.2, -0.15) is 5.10 Å². The molecule has 2 aliphatic rings. The Morgan fingerprint density at radius 1 is 1.28 bits per heavy atom. The number of aryl methyl sites for hydroxylation is 1. The second-order valence-electron chi connectivity index (χ2n) is 8.46. The van der Waals surface area contributed by atoms with E-state index < -0.39 is 0 Å². The molecule has 0 aromatic carbocycles. The quantitative estimate of drug-likeness (QED) is 0.782. The lowest BCUT2D eigenvalue weighted by molar-refractivity contribution is -0.127. The van der Waals surface area contributed by atoms with Gasteiger partial charge in [0.2, 0.25) is 5.91 Å². The molecule has 0 aliphatic carbocycles. The van der Waals surface area contributed by atoms with E-state index in [9.17, 15) is 4.79 Å². The number of nitrogens with one attached hydrogen (secondary N) is 2. The van der Waals surface area contributed by atoms with Gasteiger partial charge < -0.3 is 5.32 Å². The number of nitrogens with zero attached hydrogens (tertiary/aromatic N) is 4. The molecule has 7 heteroatoms. The predicted octanol–water partition coefficient (Wildman–Crippen LogP) is 2.11. The van der Waals surface area contributed by atoms with E-state index in [1.807, 2.05) is 31.5 Å². The van der Waals surface area contributed by atoms with Crippen LogP contribution in [0.25, 0.3) is 0 Å². The first-order valence-electron chi connectivity index (χ1n) is 10.8. The summed E-state index contributed by atoms with van der Waals surface area (Å²) in [6, 6.07) is 6.74. The van der Waals surface area contributed by atoms with Crippen molar-refractivity contribution in [1.29, 1.82) is 0 Å². The van der Waals surface area contributed by atoms with Gasteiger partial charge in [0.05, 0.1) is 18.2 Å². The van der Waals surface area contributed by atoms with E-state index in [1.165, 1.54) is 18.4 Å². The number of carbonyl (C=O) groups is 1. The van der Waals surface area contributed by atoms with Crippen LogP contribution in [-0.2, 0) is 17.9 Å². The van der Waals surface area contributed by atoms with Gasteiger partial charge in [-0.25, -0.2) is 0 Å². The zero-order valence-corrected chi connectivity index (χ0v) is 17.3. The number of likely N-dealkylation sites (tertiary alicyclic amines) is 2. The number of pyridine rings is 1. The van der Waals surface area contributed by atoms with Crippen LogP contribution in [-0.4, -0.2) is 63.1 Å². The van der Waals surface area contributed by atoms with Gasteiger partial charge >= 0.3 is 0 Å². The van der Waals surface area contributed by atoms with Crippen molar-refractivity contribution in [2.75, 3.05) is 26.2 Å². The lowest BCUT2D eigenvalue weighted by Gasteiger charge is -2.42.